The summed E-state index contributed by atoms with van der Waals surface area (Å²) in [7, 11) is 2.15. The third kappa shape index (κ3) is 1.72. The lowest BCUT2D eigenvalue weighted by Gasteiger charge is -2.35. The molecule has 0 atom stereocenters. The highest BCUT2D eigenvalue weighted by molar-refractivity contribution is 5.78. The molecule has 3 rings (SSSR count). The molecule has 2 N–H and O–H groups in total. The van der Waals surface area contributed by atoms with Crippen molar-refractivity contribution in [1.29, 1.82) is 0 Å². The highest BCUT2D eigenvalue weighted by atomic mass is 15.6. The van der Waals surface area contributed by atoms with Crippen LogP contribution < -0.4 is 10.7 Å². The summed E-state index contributed by atoms with van der Waals surface area (Å²) in [5, 5.41) is 2.27. The number of rotatable bonds is 1. The van der Waals surface area contributed by atoms with Crippen molar-refractivity contribution in [3.05, 3.63) is 24.3 Å². The second-order valence-electron chi connectivity index (χ2n) is 4.53. The molecule has 2 heterocycles. The first-order valence-corrected chi connectivity index (χ1v) is 5.92. The monoisotopic (exact) mass is 231 g/mol. The van der Waals surface area contributed by atoms with Gasteiger partial charge in [-0.05, 0) is 19.2 Å². The van der Waals surface area contributed by atoms with Gasteiger partial charge in [0.25, 0.3) is 0 Å². The maximum atomic E-state index is 6.02. The highest BCUT2D eigenvalue weighted by Gasteiger charge is 2.18. The fourth-order valence-corrected chi connectivity index (χ4v) is 2.33. The molecule has 0 aliphatic carbocycles. The average Bonchev–Trinajstić information content (AvgIpc) is 2.66. The molecule has 1 saturated heterocycles. The van der Waals surface area contributed by atoms with Crippen LogP contribution in [0.1, 0.15) is 0 Å². The first-order chi connectivity index (χ1) is 8.25. The molecule has 0 radical (unpaired) electrons. The van der Waals surface area contributed by atoms with E-state index in [9.17, 15) is 0 Å². The van der Waals surface area contributed by atoms with E-state index in [1.165, 1.54) is 0 Å². The zero-order valence-corrected chi connectivity index (χ0v) is 10.0. The summed E-state index contributed by atoms with van der Waals surface area (Å²) in [6, 6.07) is 8.08. The summed E-state index contributed by atoms with van der Waals surface area (Å²) in [6.07, 6.45) is 0. The van der Waals surface area contributed by atoms with E-state index in [0.717, 1.165) is 37.2 Å². The lowest BCUT2D eigenvalue weighted by atomic mass is 10.3. The summed E-state index contributed by atoms with van der Waals surface area (Å²) >= 11 is 0. The second kappa shape index (κ2) is 3.92. The SMILES string of the molecule is CN1CCN(n2c(N)nc3ccccc32)CC1. The van der Waals surface area contributed by atoms with Crippen LogP contribution in [0.4, 0.5) is 5.95 Å². The molecule has 2 aromatic rings. The average molecular weight is 231 g/mol. The van der Waals surface area contributed by atoms with E-state index in [1.54, 1.807) is 0 Å². The minimum Gasteiger partial charge on any atom is -0.368 e. The van der Waals surface area contributed by atoms with Gasteiger partial charge in [0.1, 0.15) is 0 Å². The number of aromatic nitrogens is 2. The van der Waals surface area contributed by atoms with Crippen LogP contribution in [0.25, 0.3) is 11.0 Å². The molecule has 1 fully saturated rings. The Labute approximate surface area is 100 Å². The van der Waals surface area contributed by atoms with Crippen molar-refractivity contribution in [3.63, 3.8) is 0 Å². The summed E-state index contributed by atoms with van der Waals surface area (Å²) in [4.78, 5) is 6.72. The number of nitrogens with two attached hydrogens (primary N) is 1. The van der Waals surface area contributed by atoms with Crippen LogP contribution >= 0.6 is 0 Å². The first kappa shape index (κ1) is 10.4. The van der Waals surface area contributed by atoms with E-state index in [1.807, 2.05) is 22.9 Å². The number of piperazine rings is 1. The number of hydrogen-bond acceptors (Lipinski definition) is 4. The molecule has 1 aliphatic heterocycles. The van der Waals surface area contributed by atoms with E-state index >= 15 is 0 Å². The maximum absolute atomic E-state index is 6.02. The molecule has 0 bridgehead atoms. The summed E-state index contributed by atoms with van der Waals surface area (Å²) in [5.74, 6) is 0.579. The van der Waals surface area contributed by atoms with Gasteiger partial charge in [0, 0.05) is 26.2 Å². The molecule has 0 spiro atoms. The van der Waals surface area contributed by atoms with Crippen molar-refractivity contribution in [1.82, 2.24) is 14.6 Å². The summed E-state index contributed by atoms with van der Waals surface area (Å²) in [6.45, 7) is 4.10. The minimum atomic E-state index is 0.579. The number of hydrogen-bond donors (Lipinski definition) is 1. The standard InChI is InChI=1S/C12H17N5/c1-15-6-8-16(9-7-15)17-11-5-3-2-4-10(11)14-12(17)13/h2-5H,6-9H2,1H3,(H2,13,14). The van der Waals surface area contributed by atoms with E-state index < -0.39 is 0 Å². The van der Waals surface area contributed by atoms with Crippen LogP contribution in [0.5, 0.6) is 0 Å². The van der Waals surface area contributed by atoms with Crippen molar-refractivity contribution in [3.8, 4) is 0 Å². The van der Waals surface area contributed by atoms with Gasteiger partial charge >= 0.3 is 0 Å². The third-order valence-electron chi connectivity index (χ3n) is 3.32. The van der Waals surface area contributed by atoms with Crippen LogP contribution in [0.2, 0.25) is 0 Å². The quantitative estimate of drug-likeness (QED) is 0.776. The Morgan fingerprint density at radius 2 is 1.82 bits per heavy atom. The lowest BCUT2D eigenvalue weighted by molar-refractivity contribution is 0.290. The Morgan fingerprint density at radius 3 is 2.59 bits per heavy atom. The van der Waals surface area contributed by atoms with Gasteiger partial charge < -0.3 is 15.6 Å². The van der Waals surface area contributed by atoms with Crippen LogP contribution in [-0.4, -0.2) is 47.8 Å². The fourth-order valence-electron chi connectivity index (χ4n) is 2.33. The van der Waals surface area contributed by atoms with E-state index in [2.05, 4.69) is 28.0 Å². The van der Waals surface area contributed by atoms with Gasteiger partial charge in [0.05, 0.1) is 11.0 Å². The molecule has 1 aromatic carbocycles. The number of anilines is 1. The molecule has 1 aliphatic rings. The molecule has 0 saturated carbocycles. The van der Waals surface area contributed by atoms with Gasteiger partial charge in [-0.3, -0.25) is 0 Å². The molecule has 0 unspecified atom stereocenters. The zero-order chi connectivity index (χ0) is 11.8. The molecular formula is C12H17N5. The summed E-state index contributed by atoms with van der Waals surface area (Å²) in [5.41, 5.74) is 8.07. The number of para-hydroxylation sites is 2. The van der Waals surface area contributed by atoms with Crippen molar-refractivity contribution < 1.29 is 0 Å². The van der Waals surface area contributed by atoms with Crippen molar-refractivity contribution >= 4 is 17.0 Å². The number of likely N-dealkylation sites (N-methyl/N-ethyl adjacent to an activating group) is 1. The molecule has 90 valence electrons. The topological polar surface area (TPSA) is 50.3 Å². The van der Waals surface area contributed by atoms with Gasteiger partial charge in [-0.1, -0.05) is 12.1 Å². The van der Waals surface area contributed by atoms with Gasteiger partial charge in [0.2, 0.25) is 5.95 Å². The van der Waals surface area contributed by atoms with Gasteiger partial charge in [-0.25, -0.2) is 9.66 Å². The normalized spacial score (nSPS) is 17.8. The largest absolute Gasteiger partial charge is 0.368 e. The lowest BCUT2D eigenvalue weighted by Crippen LogP contribution is -2.50. The van der Waals surface area contributed by atoms with Gasteiger partial charge in [-0.2, -0.15) is 0 Å². The number of benzene rings is 1. The smallest absolute Gasteiger partial charge is 0.220 e. The molecular weight excluding hydrogens is 214 g/mol. The van der Waals surface area contributed by atoms with Crippen molar-refractivity contribution in [2.75, 3.05) is 44.0 Å². The number of nitrogens with zero attached hydrogens (tertiary/aromatic N) is 4. The molecule has 0 amide bonds. The Morgan fingerprint density at radius 1 is 1.12 bits per heavy atom. The van der Waals surface area contributed by atoms with Gasteiger partial charge in [-0.15, -0.1) is 0 Å². The summed E-state index contributed by atoms with van der Waals surface area (Å²) < 4.78 is 2.04. The minimum absolute atomic E-state index is 0.579. The Balaban J connectivity index is 2.02. The first-order valence-electron chi connectivity index (χ1n) is 5.92. The number of fused-ring (bicyclic) bond motifs is 1. The van der Waals surface area contributed by atoms with E-state index in [-0.39, 0.29) is 0 Å². The molecule has 17 heavy (non-hydrogen) atoms. The predicted octanol–water partition coefficient (Wildman–Crippen LogP) is 0.502. The van der Waals surface area contributed by atoms with Crippen LogP contribution in [-0.2, 0) is 0 Å². The predicted molar refractivity (Wildman–Crippen MR) is 69.6 cm³/mol. The van der Waals surface area contributed by atoms with Crippen LogP contribution in [0, 0.1) is 0 Å². The molecule has 1 aromatic heterocycles. The van der Waals surface area contributed by atoms with Crippen LogP contribution in [0.3, 0.4) is 0 Å². The van der Waals surface area contributed by atoms with Gasteiger partial charge in [0.15, 0.2) is 0 Å². The fraction of sp³-hybridized carbons (Fsp3) is 0.417. The highest BCUT2D eigenvalue weighted by Crippen LogP contribution is 2.18. The van der Waals surface area contributed by atoms with Crippen molar-refractivity contribution in [2.45, 2.75) is 0 Å². The molecule has 5 nitrogen and oxygen atoms in total. The number of imidazole rings is 1. The maximum Gasteiger partial charge on any atom is 0.220 e. The van der Waals surface area contributed by atoms with Crippen molar-refractivity contribution in [2.24, 2.45) is 0 Å². The van der Waals surface area contributed by atoms with Crippen LogP contribution in [0.15, 0.2) is 24.3 Å². The zero-order valence-electron chi connectivity index (χ0n) is 10.0. The Bertz CT molecular complexity index is 525. The second-order valence-corrected chi connectivity index (χ2v) is 4.53. The third-order valence-corrected chi connectivity index (χ3v) is 3.32. The van der Waals surface area contributed by atoms with E-state index in [4.69, 9.17) is 5.73 Å². The molecule has 5 heteroatoms. The Hall–Kier alpha value is -1.75. The number of nitrogen functional groups attached to an aromatic ring is 1. The Kier molecular flexibility index (Phi) is 2.40. The van der Waals surface area contributed by atoms with E-state index in [0.29, 0.717) is 5.95 Å².